The normalized spacial score (nSPS) is 15.5. The third-order valence-electron chi connectivity index (χ3n) is 2.64. The Kier molecular flexibility index (Phi) is 3.37. The third-order valence-corrected chi connectivity index (χ3v) is 4.21. The summed E-state index contributed by atoms with van der Waals surface area (Å²) < 4.78 is 24.3. The highest BCUT2D eigenvalue weighted by Gasteiger charge is 2.22. The maximum absolute atomic E-state index is 12.1. The van der Waals surface area contributed by atoms with Crippen molar-refractivity contribution in [1.29, 1.82) is 0 Å². The van der Waals surface area contributed by atoms with E-state index in [1.54, 1.807) is 26.2 Å². The van der Waals surface area contributed by atoms with Crippen LogP contribution in [-0.2, 0) is 16.4 Å². The van der Waals surface area contributed by atoms with Gasteiger partial charge in [-0.15, -0.1) is 4.83 Å². The van der Waals surface area contributed by atoms with Gasteiger partial charge < -0.3 is 5.32 Å². The number of benzene rings is 1. The summed E-state index contributed by atoms with van der Waals surface area (Å²) in [7, 11) is -0.149. The van der Waals surface area contributed by atoms with Crippen LogP contribution >= 0.6 is 0 Å². The van der Waals surface area contributed by atoms with E-state index in [4.69, 9.17) is 0 Å². The summed E-state index contributed by atoms with van der Waals surface area (Å²) in [6.07, 6.45) is 1.76. The van der Waals surface area contributed by atoms with Crippen LogP contribution in [0, 0.1) is 0 Å². The lowest BCUT2D eigenvalue weighted by Gasteiger charge is -2.22. The first-order valence-corrected chi connectivity index (χ1v) is 7.04. The van der Waals surface area contributed by atoms with E-state index in [2.05, 4.69) is 10.1 Å². The predicted molar refractivity (Wildman–Crippen MR) is 67.3 cm³/mol. The van der Waals surface area contributed by atoms with Crippen LogP contribution in [0.4, 0.5) is 5.69 Å². The highest BCUT2D eigenvalue weighted by atomic mass is 32.2. The van der Waals surface area contributed by atoms with E-state index in [1.807, 2.05) is 6.07 Å². The van der Waals surface area contributed by atoms with Gasteiger partial charge in [0, 0.05) is 26.3 Å². The van der Waals surface area contributed by atoms with Crippen LogP contribution in [0.1, 0.15) is 12.0 Å². The van der Waals surface area contributed by atoms with Crippen LogP contribution in [0.25, 0.3) is 0 Å². The van der Waals surface area contributed by atoms with Crippen LogP contribution in [0.2, 0.25) is 0 Å². The molecule has 0 saturated carbocycles. The zero-order chi connectivity index (χ0) is 12.5. The van der Waals surface area contributed by atoms with Crippen LogP contribution < -0.4 is 10.1 Å². The van der Waals surface area contributed by atoms with Gasteiger partial charge in [0.05, 0.1) is 4.90 Å². The molecule has 0 amide bonds. The quantitative estimate of drug-likeness (QED) is 0.784. The van der Waals surface area contributed by atoms with E-state index in [0.29, 0.717) is 4.90 Å². The van der Waals surface area contributed by atoms with Crippen molar-refractivity contribution in [3.63, 3.8) is 0 Å². The number of nitrogens with one attached hydrogen (secondary N) is 2. The van der Waals surface area contributed by atoms with Gasteiger partial charge in [-0.05, 0) is 30.5 Å². The number of hydrazine groups is 1. The molecular weight excluding hydrogens is 238 g/mol. The molecule has 0 radical (unpaired) electrons. The van der Waals surface area contributed by atoms with Gasteiger partial charge in [-0.25, -0.2) is 13.4 Å². The molecule has 2 N–H and O–H groups in total. The standard InChI is InChI=1S/C11H17N3O2S/c1-14(2)13-17(15,16)11-7-3-6-10-9(11)5-4-8-12-10/h3,6-7,12-13H,4-5,8H2,1-2H3. The molecule has 6 heteroatoms. The highest BCUT2D eigenvalue weighted by molar-refractivity contribution is 7.89. The van der Waals surface area contributed by atoms with Crippen molar-refractivity contribution in [2.24, 2.45) is 0 Å². The molecule has 0 bridgehead atoms. The van der Waals surface area contributed by atoms with Gasteiger partial charge in [-0.1, -0.05) is 6.07 Å². The van der Waals surface area contributed by atoms with E-state index in [0.717, 1.165) is 30.6 Å². The van der Waals surface area contributed by atoms with Gasteiger partial charge in [-0.2, -0.15) is 0 Å². The van der Waals surface area contributed by atoms with Crippen molar-refractivity contribution in [2.45, 2.75) is 17.7 Å². The Bertz CT molecular complexity index is 511. The molecule has 94 valence electrons. The number of nitrogens with zero attached hydrogens (tertiary/aromatic N) is 1. The number of hydrogen-bond acceptors (Lipinski definition) is 4. The van der Waals surface area contributed by atoms with Crippen molar-refractivity contribution in [3.8, 4) is 0 Å². The Labute approximate surface area is 102 Å². The Morgan fingerprint density at radius 1 is 1.35 bits per heavy atom. The average molecular weight is 255 g/mol. The summed E-state index contributed by atoms with van der Waals surface area (Å²) in [5, 5.41) is 4.66. The topological polar surface area (TPSA) is 61.4 Å². The third kappa shape index (κ3) is 2.59. The molecule has 0 atom stereocenters. The molecule has 1 aliphatic heterocycles. The molecule has 1 aromatic carbocycles. The molecule has 1 aliphatic rings. The van der Waals surface area contributed by atoms with Gasteiger partial charge in [0.1, 0.15) is 0 Å². The summed E-state index contributed by atoms with van der Waals surface area (Å²) >= 11 is 0. The Morgan fingerprint density at radius 2 is 2.12 bits per heavy atom. The van der Waals surface area contributed by atoms with Crippen molar-refractivity contribution in [3.05, 3.63) is 23.8 Å². The van der Waals surface area contributed by atoms with Crippen LogP contribution in [-0.4, -0.2) is 34.1 Å². The molecule has 0 unspecified atom stereocenters. The molecule has 1 heterocycles. The van der Waals surface area contributed by atoms with Gasteiger partial charge in [0.15, 0.2) is 0 Å². The molecule has 0 aliphatic carbocycles. The largest absolute Gasteiger partial charge is 0.385 e. The zero-order valence-corrected chi connectivity index (χ0v) is 10.8. The fraction of sp³-hybridized carbons (Fsp3) is 0.455. The number of sulfonamides is 1. The van der Waals surface area contributed by atoms with Crippen LogP contribution in [0.5, 0.6) is 0 Å². The second-order valence-corrected chi connectivity index (χ2v) is 5.93. The first-order chi connectivity index (χ1) is 8.00. The lowest BCUT2D eigenvalue weighted by atomic mass is 10.0. The summed E-state index contributed by atoms with van der Waals surface area (Å²) in [6.45, 7) is 0.900. The first kappa shape index (κ1) is 12.3. The number of rotatable bonds is 3. The molecule has 0 aromatic heterocycles. The molecule has 0 fully saturated rings. The number of fused-ring (bicyclic) bond motifs is 1. The number of hydrogen-bond donors (Lipinski definition) is 2. The fourth-order valence-corrected chi connectivity index (χ4v) is 3.39. The molecular formula is C11H17N3O2S. The van der Waals surface area contributed by atoms with Crippen molar-refractivity contribution in [2.75, 3.05) is 26.0 Å². The van der Waals surface area contributed by atoms with E-state index >= 15 is 0 Å². The fourth-order valence-electron chi connectivity index (χ4n) is 2.02. The SMILES string of the molecule is CN(C)NS(=O)(=O)c1cccc2c1CCCN2. The molecule has 2 rings (SSSR count). The lowest BCUT2D eigenvalue weighted by Crippen LogP contribution is -2.36. The van der Waals surface area contributed by atoms with E-state index in [-0.39, 0.29) is 0 Å². The summed E-state index contributed by atoms with van der Waals surface area (Å²) in [5.41, 5.74) is 1.81. The van der Waals surface area contributed by atoms with Crippen molar-refractivity contribution in [1.82, 2.24) is 9.84 Å². The summed E-state index contributed by atoms with van der Waals surface area (Å²) in [4.78, 5) is 2.83. The second-order valence-electron chi connectivity index (χ2n) is 4.30. The van der Waals surface area contributed by atoms with Gasteiger partial charge >= 0.3 is 0 Å². The minimum Gasteiger partial charge on any atom is -0.385 e. The van der Waals surface area contributed by atoms with E-state index in [9.17, 15) is 8.42 Å². The lowest BCUT2D eigenvalue weighted by molar-refractivity contribution is 0.363. The highest BCUT2D eigenvalue weighted by Crippen LogP contribution is 2.28. The van der Waals surface area contributed by atoms with Gasteiger partial charge in [0.25, 0.3) is 10.0 Å². The Hall–Kier alpha value is -1.11. The monoisotopic (exact) mass is 255 g/mol. The first-order valence-electron chi connectivity index (χ1n) is 5.56. The van der Waals surface area contributed by atoms with Gasteiger partial charge in [0.2, 0.25) is 0 Å². The Balaban J connectivity index is 2.45. The average Bonchev–Trinajstić information content (AvgIpc) is 2.26. The van der Waals surface area contributed by atoms with Crippen molar-refractivity contribution < 1.29 is 8.42 Å². The molecule has 17 heavy (non-hydrogen) atoms. The smallest absolute Gasteiger partial charge is 0.253 e. The van der Waals surface area contributed by atoms with E-state index in [1.165, 1.54) is 5.01 Å². The predicted octanol–water partition coefficient (Wildman–Crippen LogP) is 0.800. The maximum atomic E-state index is 12.1. The Morgan fingerprint density at radius 3 is 2.82 bits per heavy atom. The van der Waals surface area contributed by atoms with Crippen molar-refractivity contribution >= 4 is 15.7 Å². The summed E-state index contributed by atoms with van der Waals surface area (Å²) in [5.74, 6) is 0. The minimum absolute atomic E-state index is 0.371. The molecule has 1 aromatic rings. The van der Waals surface area contributed by atoms with Gasteiger partial charge in [-0.3, -0.25) is 0 Å². The molecule has 0 saturated heterocycles. The van der Waals surface area contributed by atoms with Crippen LogP contribution in [0.15, 0.2) is 23.1 Å². The van der Waals surface area contributed by atoms with Crippen LogP contribution in [0.3, 0.4) is 0 Å². The summed E-state index contributed by atoms with van der Waals surface area (Å²) in [6, 6.07) is 5.34. The van der Waals surface area contributed by atoms with E-state index < -0.39 is 10.0 Å². The zero-order valence-electron chi connectivity index (χ0n) is 10.0. The number of anilines is 1. The maximum Gasteiger partial charge on any atom is 0.253 e. The molecule has 5 nitrogen and oxygen atoms in total. The second kappa shape index (κ2) is 4.64. The minimum atomic E-state index is -3.47. The molecule has 0 spiro atoms.